The first-order chi connectivity index (χ1) is 11.9. The Labute approximate surface area is 142 Å². The summed E-state index contributed by atoms with van der Waals surface area (Å²) in [4.78, 5) is 22.8. The lowest BCUT2D eigenvalue weighted by Crippen LogP contribution is -1.96. The molecule has 2 aromatic carbocycles. The number of hydrogen-bond donors (Lipinski definition) is 0. The number of rotatable bonds is 3. The monoisotopic (exact) mass is 341 g/mol. The van der Waals surface area contributed by atoms with Crippen LogP contribution in [-0.2, 0) is 4.79 Å². The van der Waals surface area contributed by atoms with Gasteiger partial charge in [0, 0.05) is 28.8 Å². The van der Waals surface area contributed by atoms with Crippen LogP contribution < -0.4 is 0 Å². The summed E-state index contributed by atoms with van der Waals surface area (Å²) in [6.45, 7) is 0. The van der Waals surface area contributed by atoms with E-state index in [1.54, 1.807) is 18.2 Å². The molecule has 25 heavy (non-hydrogen) atoms. The first-order valence-electron chi connectivity index (χ1n) is 7.59. The Hall–Kier alpha value is -3.15. The molecule has 4 nitrogen and oxygen atoms in total. The van der Waals surface area contributed by atoms with Crippen LogP contribution in [0.15, 0.2) is 53.6 Å². The SMILES string of the molecule is O=C1/C(=C/c2cccc([N+](=O)[O-])c2)CC/C1=C\c1cc(F)ccc1F. The van der Waals surface area contributed by atoms with Crippen LogP contribution in [0.25, 0.3) is 12.2 Å². The van der Waals surface area contributed by atoms with E-state index in [-0.39, 0.29) is 17.0 Å². The second-order valence-electron chi connectivity index (χ2n) is 5.69. The predicted octanol–water partition coefficient (Wildman–Crippen LogP) is 4.70. The first-order valence-corrected chi connectivity index (χ1v) is 7.59. The molecule has 0 unspecified atom stereocenters. The van der Waals surface area contributed by atoms with E-state index in [1.165, 1.54) is 18.2 Å². The Kier molecular flexibility index (Phi) is 4.52. The Morgan fingerprint density at radius 1 is 1.00 bits per heavy atom. The molecule has 0 heterocycles. The predicted molar refractivity (Wildman–Crippen MR) is 89.6 cm³/mol. The van der Waals surface area contributed by atoms with Gasteiger partial charge in [-0.05, 0) is 48.8 Å². The number of carbonyl (C=O) groups excluding carboxylic acids is 1. The number of benzene rings is 2. The maximum absolute atomic E-state index is 13.7. The molecule has 0 bridgehead atoms. The summed E-state index contributed by atoms with van der Waals surface area (Å²) in [5.74, 6) is -1.43. The van der Waals surface area contributed by atoms with Crippen molar-refractivity contribution < 1.29 is 18.5 Å². The summed E-state index contributed by atoms with van der Waals surface area (Å²) in [5.41, 5.74) is 1.40. The molecule has 0 amide bonds. The second-order valence-corrected chi connectivity index (χ2v) is 5.69. The average Bonchev–Trinajstić information content (AvgIpc) is 2.92. The number of carbonyl (C=O) groups is 1. The van der Waals surface area contributed by atoms with Crippen molar-refractivity contribution in [1.82, 2.24) is 0 Å². The molecule has 0 radical (unpaired) electrons. The number of nitrogens with zero attached hydrogens (tertiary/aromatic N) is 1. The van der Waals surface area contributed by atoms with Crippen LogP contribution in [0.3, 0.4) is 0 Å². The highest BCUT2D eigenvalue weighted by Crippen LogP contribution is 2.30. The zero-order valence-corrected chi connectivity index (χ0v) is 13.0. The zero-order chi connectivity index (χ0) is 18.0. The molecule has 0 aliphatic heterocycles. The highest BCUT2D eigenvalue weighted by atomic mass is 19.1. The van der Waals surface area contributed by atoms with Crippen LogP contribution in [0.5, 0.6) is 0 Å². The van der Waals surface area contributed by atoms with Crippen LogP contribution in [0.1, 0.15) is 24.0 Å². The highest BCUT2D eigenvalue weighted by molar-refractivity contribution is 6.15. The van der Waals surface area contributed by atoms with E-state index in [4.69, 9.17) is 0 Å². The minimum absolute atomic E-state index is 0.0277. The summed E-state index contributed by atoms with van der Waals surface area (Å²) >= 11 is 0. The maximum atomic E-state index is 13.7. The molecular formula is C19H13F2NO3. The van der Waals surface area contributed by atoms with Crippen molar-refractivity contribution in [2.24, 2.45) is 0 Å². The van der Waals surface area contributed by atoms with Crippen molar-refractivity contribution in [3.8, 4) is 0 Å². The van der Waals surface area contributed by atoms with Crippen molar-refractivity contribution >= 4 is 23.6 Å². The van der Waals surface area contributed by atoms with Gasteiger partial charge in [0.25, 0.3) is 5.69 Å². The Bertz CT molecular complexity index is 932. The van der Waals surface area contributed by atoms with Crippen LogP contribution in [0.4, 0.5) is 14.5 Å². The molecule has 0 spiro atoms. The second kappa shape index (κ2) is 6.76. The quantitative estimate of drug-likeness (QED) is 0.462. The fourth-order valence-corrected chi connectivity index (χ4v) is 2.72. The van der Waals surface area contributed by atoms with Gasteiger partial charge in [0.1, 0.15) is 11.6 Å². The molecule has 1 aliphatic rings. The van der Waals surface area contributed by atoms with Crippen LogP contribution in [0, 0.1) is 21.7 Å². The van der Waals surface area contributed by atoms with Gasteiger partial charge in [-0.15, -0.1) is 0 Å². The molecule has 2 aromatic rings. The van der Waals surface area contributed by atoms with Gasteiger partial charge in [0.15, 0.2) is 5.78 Å². The van der Waals surface area contributed by atoms with Gasteiger partial charge in [-0.1, -0.05) is 12.1 Å². The van der Waals surface area contributed by atoms with Gasteiger partial charge in [-0.25, -0.2) is 8.78 Å². The Morgan fingerprint density at radius 3 is 2.44 bits per heavy atom. The molecule has 0 atom stereocenters. The number of ketones is 1. The third-order valence-corrected chi connectivity index (χ3v) is 3.96. The molecule has 3 rings (SSSR count). The number of nitro benzene ring substituents is 1. The molecular weight excluding hydrogens is 328 g/mol. The van der Waals surface area contributed by atoms with E-state index in [0.29, 0.717) is 29.6 Å². The molecule has 0 saturated heterocycles. The third-order valence-electron chi connectivity index (χ3n) is 3.96. The maximum Gasteiger partial charge on any atom is 0.270 e. The first kappa shape index (κ1) is 16.7. The summed E-state index contributed by atoms with van der Waals surface area (Å²) in [5, 5.41) is 10.8. The van der Waals surface area contributed by atoms with E-state index in [1.807, 2.05) is 0 Å². The number of non-ortho nitro benzene ring substituents is 1. The Morgan fingerprint density at radius 2 is 1.72 bits per heavy atom. The van der Waals surface area contributed by atoms with Gasteiger partial charge >= 0.3 is 0 Å². The van der Waals surface area contributed by atoms with E-state index in [9.17, 15) is 23.7 Å². The number of Topliss-reactive ketones (excluding diaryl/α,β-unsaturated/α-hetero) is 1. The normalized spacial score (nSPS) is 17.4. The Balaban J connectivity index is 1.89. The smallest absolute Gasteiger partial charge is 0.270 e. The van der Waals surface area contributed by atoms with Gasteiger partial charge in [0.2, 0.25) is 0 Å². The fourth-order valence-electron chi connectivity index (χ4n) is 2.72. The fraction of sp³-hybridized carbons (Fsp3) is 0.105. The summed E-state index contributed by atoms with van der Waals surface area (Å²) in [6, 6.07) is 9.04. The van der Waals surface area contributed by atoms with E-state index in [2.05, 4.69) is 0 Å². The van der Waals surface area contributed by atoms with E-state index in [0.717, 1.165) is 18.2 Å². The molecule has 1 saturated carbocycles. The average molecular weight is 341 g/mol. The zero-order valence-electron chi connectivity index (χ0n) is 13.0. The van der Waals surface area contributed by atoms with Gasteiger partial charge in [0.05, 0.1) is 4.92 Å². The lowest BCUT2D eigenvalue weighted by Gasteiger charge is -2.00. The molecule has 0 N–H and O–H groups in total. The standard InChI is InChI=1S/C19H13F2NO3/c20-16-6-7-18(21)15(11-16)10-14-5-4-13(19(14)23)8-12-2-1-3-17(9-12)22(24)25/h1-3,6-11H,4-5H2/b13-8+,14-10+. The summed E-state index contributed by atoms with van der Waals surface area (Å²) in [7, 11) is 0. The molecule has 1 fully saturated rings. The topological polar surface area (TPSA) is 60.2 Å². The molecule has 126 valence electrons. The molecule has 1 aliphatic carbocycles. The largest absolute Gasteiger partial charge is 0.289 e. The number of nitro groups is 1. The number of halogens is 2. The van der Waals surface area contributed by atoms with E-state index >= 15 is 0 Å². The van der Waals surface area contributed by atoms with Crippen LogP contribution in [0.2, 0.25) is 0 Å². The highest BCUT2D eigenvalue weighted by Gasteiger charge is 2.23. The number of allylic oxidation sites excluding steroid dienone is 2. The van der Waals surface area contributed by atoms with Crippen molar-refractivity contribution in [3.63, 3.8) is 0 Å². The van der Waals surface area contributed by atoms with Crippen LogP contribution >= 0.6 is 0 Å². The van der Waals surface area contributed by atoms with Crippen molar-refractivity contribution in [2.75, 3.05) is 0 Å². The van der Waals surface area contributed by atoms with Gasteiger partial charge in [-0.2, -0.15) is 0 Å². The number of hydrogen-bond acceptors (Lipinski definition) is 3. The summed E-state index contributed by atoms with van der Waals surface area (Å²) in [6.07, 6.45) is 3.81. The van der Waals surface area contributed by atoms with Crippen molar-refractivity contribution in [1.29, 1.82) is 0 Å². The summed E-state index contributed by atoms with van der Waals surface area (Å²) < 4.78 is 27.0. The molecule has 6 heteroatoms. The van der Waals surface area contributed by atoms with Gasteiger partial charge < -0.3 is 0 Å². The lowest BCUT2D eigenvalue weighted by molar-refractivity contribution is -0.384. The van der Waals surface area contributed by atoms with Gasteiger partial charge in [-0.3, -0.25) is 14.9 Å². The molecule has 0 aromatic heterocycles. The third kappa shape index (κ3) is 3.68. The van der Waals surface area contributed by atoms with Crippen LogP contribution in [-0.4, -0.2) is 10.7 Å². The lowest BCUT2D eigenvalue weighted by atomic mass is 10.1. The van der Waals surface area contributed by atoms with Crippen molar-refractivity contribution in [2.45, 2.75) is 12.8 Å². The minimum atomic E-state index is -0.599. The minimum Gasteiger partial charge on any atom is -0.289 e. The van der Waals surface area contributed by atoms with E-state index < -0.39 is 16.6 Å². The van der Waals surface area contributed by atoms with Crippen molar-refractivity contribution in [3.05, 3.63) is 86.5 Å².